The van der Waals surface area contributed by atoms with Crippen LogP contribution in [0.4, 0.5) is 0 Å². The third-order valence-electron chi connectivity index (χ3n) is 4.50. The van der Waals surface area contributed by atoms with Crippen LogP contribution in [0.5, 0.6) is 5.88 Å². The number of carbonyl (C=O) groups is 1. The molecule has 4 heterocycles. The number of fused-ring (bicyclic) bond motifs is 1. The van der Waals surface area contributed by atoms with Crippen molar-refractivity contribution in [3.05, 3.63) is 59.6 Å². The average Bonchev–Trinajstić information content (AvgIpc) is 3.25. The van der Waals surface area contributed by atoms with E-state index in [4.69, 9.17) is 9.26 Å². The molecule has 0 N–H and O–H groups in total. The molecule has 4 rings (SSSR count). The Balaban J connectivity index is 1.59. The Bertz CT molecular complexity index is 918. The molecule has 0 unspecified atom stereocenters. The van der Waals surface area contributed by atoms with Crippen LogP contribution < -0.4 is 4.74 Å². The summed E-state index contributed by atoms with van der Waals surface area (Å²) in [7, 11) is 1.96. The van der Waals surface area contributed by atoms with E-state index in [9.17, 15) is 4.79 Å². The van der Waals surface area contributed by atoms with E-state index in [-0.39, 0.29) is 11.9 Å². The summed E-state index contributed by atoms with van der Waals surface area (Å²) in [4.78, 5) is 23.3. The van der Waals surface area contributed by atoms with Gasteiger partial charge in [0.25, 0.3) is 5.91 Å². The SMILES string of the molecule is Cc1cc(C(=O)N2Cc3ncn(C)c3C[C@H]2COc2ccccn2)no1. The summed E-state index contributed by atoms with van der Waals surface area (Å²) >= 11 is 0. The largest absolute Gasteiger partial charge is 0.475 e. The number of hydrogen-bond acceptors (Lipinski definition) is 6. The van der Waals surface area contributed by atoms with Crippen LogP contribution in [0.3, 0.4) is 0 Å². The lowest BCUT2D eigenvalue weighted by Gasteiger charge is -2.34. The number of nitrogens with zero attached hydrogens (tertiary/aromatic N) is 5. The minimum atomic E-state index is -0.187. The summed E-state index contributed by atoms with van der Waals surface area (Å²) < 4.78 is 12.9. The molecule has 0 fully saturated rings. The first-order valence-electron chi connectivity index (χ1n) is 8.39. The van der Waals surface area contributed by atoms with Gasteiger partial charge in [0.1, 0.15) is 12.4 Å². The van der Waals surface area contributed by atoms with Crippen LogP contribution in [0.2, 0.25) is 0 Å². The molecule has 26 heavy (non-hydrogen) atoms. The quantitative estimate of drug-likeness (QED) is 0.710. The van der Waals surface area contributed by atoms with Crippen molar-refractivity contribution in [2.75, 3.05) is 6.61 Å². The molecule has 1 amide bonds. The van der Waals surface area contributed by atoms with Gasteiger partial charge in [0.05, 0.1) is 24.6 Å². The van der Waals surface area contributed by atoms with Crippen molar-refractivity contribution in [3.8, 4) is 5.88 Å². The molecule has 0 aromatic carbocycles. The summed E-state index contributed by atoms with van der Waals surface area (Å²) in [5.74, 6) is 0.950. The minimum absolute atomic E-state index is 0.149. The number of ether oxygens (including phenoxy) is 1. The third-order valence-corrected chi connectivity index (χ3v) is 4.50. The normalized spacial score (nSPS) is 16.4. The van der Waals surface area contributed by atoms with Gasteiger partial charge in [0, 0.05) is 37.5 Å². The predicted octanol–water partition coefficient (Wildman–Crippen LogP) is 1.76. The van der Waals surface area contributed by atoms with Crippen molar-refractivity contribution in [1.82, 2.24) is 24.6 Å². The Morgan fingerprint density at radius 1 is 1.38 bits per heavy atom. The van der Waals surface area contributed by atoms with E-state index in [0.717, 1.165) is 11.4 Å². The van der Waals surface area contributed by atoms with E-state index in [1.54, 1.807) is 36.5 Å². The molecule has 134 valence electrons. The molecule has 1 aliphatic heterocycles. The van der Waals surface area contributed by atoms with Crippen LogP contribution >= 0.6 is 0 Å². The Hall–Kier alpha value is -3.16. The lowest BCUT2D eigenvalue weighted by molar-refractivity contribution is 0.0544. The number of aryl methyl sites for hydroxylation is 2. The summed E-state index contributed by atoms with van der Waals surface area (Å²) in [6.45, 7) is 2.51. The molecule has 0 bridgehead atoms. The fraction of sp³-hybridized carbons (Fsp3) is 0.333. The van der Waals surface area contributed by atoms with Gasteiger partial charge in [-0.05, 0) is 13.0 Å². The zero-order chi connectivity index (χ0) is 18.1. The molecule has 3 aromatic rings. The van der Waals surface area contributed by atoms with Gasteiger partial charge >= 0.3 is 0 Å². The second-order valence-electron chi connectivity index (χ2n) is 6.34. The van der Waals surface area contributed by atoms with E-state index >= 15 is 0 Å². The monoisotopic (exact) mass is 353 g/mol. The van der Waals surface area contributed by atoms with E-state index < -0.39 is 0 Å². The summed E-state index contributed by atoms with van der Waals surface area (Å²) in [6.07, 6.45) is 4.10. The van der Waals surface area contributed by atoms with Crippen molar-refractivity contribution in [2.24, 2.45) is 7.05 Å². The van der Waals surface area contributed by atoms with Gasteiger partial charge in [0.2, 0.25) is 5.88 Å². The topological polar surface area (TPSA) is 86.3 Å². The van der Waals surface area contributed by atoms with E-state index in [2.05, 4.69) is 15.1 Å². The maximum absolute atomic E-state index is 12.9. The molecule has 0 spiro atoms. The molecule has 1 atom stereocenters. The average molecular weight is 353 g/mol. The van der Waals surface area contributed by atoms with Crippen molar-refractivity contribution >= 4 is 5.91 Å². The smallest absolute Gasteiger partial charge is 0.276 e. The first kappa shape index (κ1) is 16.3. The van der Waals surface area contributed by atoms with Crippen molar-refractivity contribution < 1.29 is 14.1 Å². The molecular formula is C18H19N5O3. The molecule has 3 aromatic heterocycles. The van der Waals surface area contributed by atoms with Crippen LogP contribution in [-0.2, 0) is 20.0 Å². The molecule has 0 radical (unpaired) electrons. The standard InChI is InChI=1S/C18H19N5O3/c1-12-7-14(21-26-12)18(24)23-9-15-16(22(2)11-20-15)8-13(23)10-25-17-5-3-4-6-19-17/h3-7,11,13H,8-10H2,1-2H3/t13-/m0/s1. The fourth-order valence-corrected chi connectivity index (χ4v) is 3.14. The number of carbonyl (C=O) groups excluding carboxylic acids is 1. The Morgan fingerprint density at radius 2 is 2.27 bits per heavy atom. The van der Waals surface area contributed by atoms with Crippen LogP contribution in [0.25, 0.3) is 0 Å². The van der Waals surface area contributed by atoms with Crippen molar-refractivity contribution in [2.45, 2.75) is 25.9 Å². The van der Waals surface area contributed by atoms with Crippen LogP contribution in [-0.4, -0.2) is 43.1 Å². The Labute approximate surface area is 150 Å². The molecule has 1 aliphatic rings. The third kappa shape index (κ3) is 3.05. The van der Waals surface area contributed by atoms with Gasteiger partial charge in [-0.25, -0.2) is 9.97 Å². The molecule has 8 nitrogen and oxygen atoms in total. The maximum atomic E-state index is 12.9. The minimum Gasteiger partial charge on any atom is -0.475 e. The lowest BCUT2D eigenvalue weighted by atomic mass is 10.0. The fourth-order valence-electron chi connectivity index (χ4n) is 3.14. The predicted molar refractivity (Wildman–Crippen MR) is 91.5 cm³/mol. The van der Waals surface area contributed by atoms with E-state index in [1.807, 2.05) is 23.7 Å². The van der Waals surface area contributed by atoms with E-state index in [1.165, 1.54) is 0 Å². The second kappa shape index (κ2) is 6.62. The highest BCUT2D eigenvalue weighted by atomic mass is 16.5. The first-order chi connectivity index (χ1) is 12.6. The highest BCUT2D eigenvalue weighted by Gasteiger charge is 2.34. The van der Waals surface area contributed by atoms with Gasteiger partial charge in [-0.15, -0.1) is 0 Å². The van der Waals surface area contributed by atoms with Crippen molar-refractivity contribution in [3.63, 3.8) is 0 Å². The van der Waals surface area contributed by atoms with E-state index in [0.29, 0.717) is 36.9 Å². The zero-order valence-corrected chi connectivity index (χ0v) is 14.6. The zero-order valence-electron chi connectivity index (χ0n) is 14.6. The number of amides is 1. The van der Waals surface area contributed by atoms with Gasteiger partial charge in [-0.3, -0.25) is 4.79 Å². The highest BCUT2D eigenvalue weighted by Crippen LogP contribution is 2.24. The first-order valence-corrected chi connectivity index (χ1v) is 8.39. The molecular weight excluding hydrogens is 334 g/mol. The molecule has 0 aliphatic carbocycles. The van der Waals surface area contributed by atoms with Crippen LogP contribution in [0, 0.1) is 6.92 Å². The molecule has 8 heteroatoms. The number of aromatic nitrogens is 4. The van der Waals surface area contributed by atoms with Crippen LogP contribution in [0.1, 0.15) is 27.6 Å². The van der Waals surface area contributed by atoms with Gasteiger partial charge in [-0.2, -0.15) is 0 Å². The number of pyridine rings is 1. The second-order valence-corrected chi connectivity index (χ2v) is 6.34. The van der Waals surface area contributed by atoms with Gasteiger partial charge in [-0.1, -0.05) is 11.2 Å². The molecule has 0 saturated heterocycles. The maximum Gasteiger partial charge on any atom is 0.276 e. The van der Waals surface area contributed by atoms with Gasteiger partial charge in [0.15, 0.2) is 5.69 Å². The number of rotatable bonds is 4. The van der Waals surface area contributed by atoms with Crippen LogP contribution in [0.15, 0.2) is 41.3 Å². The lowest BCUT2D eigenvalue weighted by Crippen LogP contribution is -2.47. The summed E-state index contributed by atoms with van der Waals surface area (Å²) in [5, 5.41) is 3.86. The summed E-state index contributed by atoms with van der Waals surface area (Å²) in [6, 6.07) is 6.99. The van der Waals surface area contributed by atoms with Gasteiger partial charge < -0.3 is 18.7 Å². The Morgan fingerprint density at radius 3 is 3.00 bits per heavy atom. The number of imidazole rings is 1. The Kier molecular flexibility index (Phi) is 4.16. The summed E-state index contributed by atoms with van der Waals surface area (Å²) in [5.41, 5.74) is 2.31. The molecule has 0 saturated carbocycles. The number of hydrogen-bond donors (Lipinski definition) is 0. The highest BCUT2D eigenvalue weighted by molar-refractivity contribution is 5.92. The van der Waals surface area contributed by atoms with Crippen molar-refractivity contribution in [1.29, 1.82) is 0 Å².